The van der Waals surface area contributed by atoms with Crippen LogP contribution in [0.4, 0.5) is 0 Å². The molecule has 21 heavy (non-hydrogen) atoms. The minimum atomic E-state index is -0.417. The third-order valence-electron chi connectivity index (χ3n) is 3.04. The highest BCUT2D eigenvalue weighted by Gasteiger charge is 2.11. The first-order valence-electron chi connectivity index (χ1n) is 6.65. The van der Waals surface area contributed by atoms with Crippen LogP contribution in [0.3, 0.4) is 0 Å². The normalized spacial score (nSPS) is 10.1. The molecule has 0 aliphatic carbocycles. The summed E-state index contributed by atoms with van der Waals surface area (Å²) in [5, 5.41) is 0. The molecule has 4 heteroatoms. The number of carbonyl (C=O) groups is 2. The Bertz CT molecular complexity index is 650. The Balaban J connectivity index is 2.22. The fraction of sp³-hybridized carbons (Fsp3) is 0.176. The van der Waals surface area contributed by atoms with E-state index in [0.717, 1.165) is 11.1 Å². The molecule has 0 unspecified atom stereocenters. The summed E-state index contributed by atoms with van der Waals surface area (Å²) >= 11 is 0. The van der Waals surface area contributed by atoms with Crippen LogP contribution in [0.1, 0.15) is 28.4 Å². The van der Waals surface area contributed by atoms with E-state index in [2.05, 4.69) is 0 Å². The van der Waals surface area contributed by atoms with Crippen molar-refractivity contribution in [3.05, 3.63) is 65.2 Å². The van der Waals surface area contributed by atoms with Crippen LogP contribution in [0.25, 0.3) is 0 Å². The van der Waals surface area contributed by atoms with Crippen molar-refractivity contribution in [3.63, 3.8) is 0 Å². The average Bonchev–Trinajstić information content (AvgIpc) is 2.45. The van der Waals surface area contributed by atoms with E-state index < -0.39 is 5.91 Å². The monoisotopic (exact) mass is 283 g/mol. The van der Waals surface area contributed by atoms with Gasteiger partial charge in [0.1, 0.15) is 12.4 Å². The third kappa shape index (κ3) is 4.18. The first-order valence-corrected chi connectivity index (χ1v) is 6.65. The van der Waals surface area contributed by atoms with Crippen LogP contribution < -0.4 is 10.5 Å². The highest BCUT2D eigenvalue weighted by molar-refractivity contribution is 5.97. The highest BCUT2D eigenvalue weighted by Crippen LogP contribution is 2.22. The van der Waals surface area contributed by atoms with E-state index in [1.54, 1.807) is 18.2 Å². The maximum absolute atomic E-state index is 11.6. The van der Waals surface area contributed by atoms with E-state index in [0.29, 0.717) is 17.9 Å². The summed E-state index contributed by atoms with van der Waals surface area (Å²) < 4.78 is 5.73. The summed E-state index contributed by atoms with van der Waals surface area (Å²) in [5.74, 6) is -0.0200. The molecule has 0 bridgehead atoms. The van der Waals surface area contributed by atoms with Crippen molar-refractivity contribution >= 4 is 11.7 Å². The van der Waals surface area contributed by atoms with Crippen LogP contribution in [0.15, 0.2) is 48.5 Å². The zero-order chi connectivity index (χ0) is 15.2. The first-order chi connectivity index (χ1) is 10.1. The molecule has 2 aromatic carbocycles. The van der Waals surface area contributed by atoms with Crippen molar-refractivity contribution in [1.29, 1.82) is 0 Å². The van der Waals surface area contributed by atoms with Crippen LogP contribution >= 0.6 is 0 Å². The quantitative estimate of drug-likeness (QED) is 0.828. The zero-order valence-corrected chi connectivity index (χ0v) is 11.8. The minimum absolute atomic E-state index is 0.0799. The first kappa shape index (κ1) is 14.8. The van der Waals surface area contributed by atoms with Gasteiger partial charge in [-0.3, -0.25) is 9.59 Å². The fourth-order valence-electron chi connectivity index (χ4n) is 2.02. The Kier molecular flexibility index (Phi) is 4.72. The van der Waals surface area contributed by atoms with Gasteiger partial charge < -0.3 is 10.5 Å². The lowest BCUT2D eigenvalue weighted by molar-refractivity contribution is -0.117. The van der Waals surface area contributed by atoms with E-state index in [9.17, 15) is 9.59 Å². The van der Waals surface area contributed by atoms with Gasteiger partial charge in [-0.15, -0.1) is 0 Å². The molecule has 2 aromatic rings. The molecule has 4 nitrogen and oxygen atoms in total. The number of ketones is 1. The van der Waals surface area contributed by atoms with Gasteiger partial charge >= 0.3 is 0 Å². The Hall–Kier alpha value is -2.62. The summed E-state index contributed by atoms with van der Waals surface area (Å²) in [6, 6.07) is 14.8. The molecule has 0 saturated carbocycles. The molecule has 0 fully saturated rings. The number of primary amides is 1. The van der Waals surface area contributed by atoms with Gasteiger partial charge in [0.25, 0.3) is 0 Å². The number of benzene rings is 2. The van der Waals surface area contributed by atoms with Crippen LogP contribution in [0, 0.1) is 0 Å². The van der Waals surface area contributed by atoms with Crippen LogP contribution in [0.2, 0.25) is 0 Å². The molecule has 0 aliphatic heterocycles. The van der Waals surface area contributed by atoms with E-state index in [1.165, 1.54) is 6.92 Å². The number of nitrogens with two attached hydrogens (primary N) is 1. The highest BCUT2D eigenvalue weighted by atomic mass is 16.5. The maximum atomic E-state index is 11.6. The smallest absolute Gasteiger partial charge is 0.221 e. The van der Waals surface area contributed by atoms with Crippen LogP contribution in [0.5, 0.6) is 5.75 Å². The van der Waals surface area contributed by atoms with Gasteiger partial charge in [-0.2, -0.15) is 0 Å². The van der Waals surface area contributed by atoms with E-state index in [-0.39, 0.29) is 12.2 Å². The minimum Gasteiger partial charge on any atom is -0.488 e. The number of ether oxygens (including phenoxy) is 1. The summed E-state index contributed by atoms with van der Waals surface area (Å²) in [5.41, 5.74) is 7.43. The number of hydrogen-bond donors (Lipinski definition) is 1. The summed E-state index contributed by atoms with van der Waals surface area (Å²) in [7, 11) is 0. The number of hydrogen-bond acceptors (Lipinski definition) is 3. The lowest BCUT2D eigenvalue weighted by Gasteiger charge is -2.11. The molecule has 0 atom stereocenters. The largest absolute Gasteiger partial charge is 0.488 e. The molecule has 2 N–H and O–H groups in total. The molecule has 0 saturated heterocycles. The van der Waals surface area contributed by atoms with Crippen molar-refractivity contribution in [2.24, 2.45) is 5.73 Å². The Morgan fingerprint density at radius 2 is 1.76 bits per heavy atom. The van der Waals surface area contributed by atoms with Gasteiger partial charge in [-0.1, -0.05) is 36.4 Å². The maximum Gasteiger partial charge on any atom is 0.221 e. The van der Waals surface area contributed by atoms with Crippen molar-refractivity contribution in [3.8, 4) is 5.75 Å². The number of amides is 1. The standard InChI is InChI=1S/C17H17NO3/c1-12(19)15-8-7-14(10-17(18)20)9-16(15)21-11-13-5-3-2-4-6-13/h2-9H,10-11H2,1H3,(H2,18,20). The van der Waals surface area contributed by atoms with Gasteiger partial charge in [-0.05, 0) is 30.2 Å². The Labute approximate surface area is 123 Å². The van der Waals surface area contributed by atoms with Crippen molar-refractivity contribution in [2.45, 2.75) is 20.0 Å². The predicted molar refractivity (Wildman–Crippen MR) is 80.1 cm³/mol. The predicted octanol–water partition coefficient (Wildman–Crippen LogP) is 2.50. The van der Waals surface area contributed by atoms with Gasteiger partial charge in [0.2, 0.25) is 5.91 Å². The molecule has 0 heterocycles. The van der Waals surface area contributed by atoms with Gasteiger partial charge in [0.05, 0.1) is 12.0 Å². The lowest BCUT2D eigenvalue weighted by atomic mass is 10.1. The Morgan fingerprint density at radius 1 is 1.05 bits per heavy atom. The van der Waals surface area contributed by atoms with Crippen LogP contribution in [-0.2, 0) is 17.8 Å². The van der Waals surface area contributed by atoms with E-state index in [1.807, 2.05) is 30.3 Å². The van der Waals surface area contributed by atoms with Crippen molar-refractivity contribution in [1.82, 2.24) is 0 Å². The lowest BCUT2D eigenvalue weighted by Crippen LogP contribution is -2.14. The topological polar surface area (TPSA) is 69.4 Å². The molecule has 0 aromatic heterocycles. The second kappa shape index (κ2) is 6.70. The number of carbonyl (C=O) groups excluding carboxylic acids is 2. The van der Waals surface area contributed by atoms with Crippen LogP contribution in [-0.4, -0.2) is 11.7 Å². The molecule has 0 radical (unpaired) electrons. The molecule has 0 spiro atoms. The van der Waals surface area contributed by atoms with E-state index in [4.69, 9.17) is 10.5 Å². The second-order valence-corrected chi connectivity index (χ2v) is 4.80. The van der Waals surface area contributed by atoms with Gasteiger partial charge in [0.15, 0.2) is 5.78 Å². The average molecular weight is 283 g/mol. The number of Topliss-reactive ketones (excluding diaryl/α,β-unsaturated/α-hetero) is 1. The Morgan fingerprint density at radius 3 is 2.38 bits per heavy atom. The molecule has 2 rings (SSSR count). The third-order valence-corrected chi connectivity index (χ3v) is 3.04. The summed E-state index contributed by atoms with van der Waals surface area (Å²) in [6.07, 6.45) is 0.125. The molecular weight excluding hydrogens is 266 g/mol. The molecule has 108 valence electrons. The van der Waals surface area contributed by atoms with Crippen molar-refractivity contribution < 1.29 is 14.3 Å². The fourth-order valence-corrected chi connectivity index (χ4v) is 2.02. The van der Waals surface area contributed by atoms with E-state index >= 15 is 0 Å². The number of rotatable bonds is 6. The second-order valence-electron chi connectivity index (χ2n) is 4.80. The summed E-state index contributed by atoms with van der Waals surface area (Å²) in [6.45, 7) is 1.85. The summed E-state index contributed by atoms with van der Waals surface area (Å²) in [4.78, 5) is 22.6. The molecule has 1 amide bonds. The SMILES string of the molecule is CC(=O)c1ccc(CC(N)=O)cc1OCc1ccccc1. The zero-order valence-electron chi connectivity index (χ0n) is 11.8. The van der Waals surface area contributed by atoms with Gasteiger partial charge in [0, 0.05) is 0 Å². The molecular formula is C17H17NO3. The van der Waals surface area contributed by atoms with Crippen molar-refractivity contribution in [2.75, 3.05) is 0 Å². The van der Waals surface area contributed by atoms with Gasteiger partial charge in [-0.25, -0.2) is 0 Å². The molecule has 0 aliphatic rings.